The van der Waals surface area contributed by atoms with Crippen molar-refractivity contribution < 1.29 is 9.90 Å². The number of halogens is 1. The molecule has 7 heteroatoms. The van der Waals surface area contributed by atoms with Gasteiger partial charge in [-0.1, -0.05) is 16.8 Å². The second-order valence-corrected chi connectivity index (χ2v) is 4.17. The summed E-state index contributed by atoms with van der Waals surface area (Å²) in [5.74, 6) is 0. The van der Waals surface area contributed by atoms with Gasteiger partial charge in [0.2, 0.25) is 0 Å². The molecular formula is C11H11ClN4O2. The summed E-state index contributed by atoms with van der Waals surface area (Å²) < 4.78 is 1.56. The first-order valence-corrected chi connectivity index (χ1v) is 5.61. The Hall–Kier alpha value is -2.08. The highest BCUT2D eigenvalue weighted by Crippen LogP contribution is 2.14. The number of nitrogens with zero attached hydrogens (tertiary/aromatic N) is 3. The largest absolute Gasteiger partial charge is 0.465 e. The first kappa shape index (κ1) is 12.4. The fourth-order valence-corrected chi connectivity index (χ4v) is 1.58. The van der Waals surface area contributed by atoms with E-state index in [1.807, 2.05) is 0 Å². The average Bonchev–Trinajstić information content (AvgIpc) is 2.78. The molecule has 1 atom stereocenters. The SMILES string of the molecule is C[C@H](NC(=O)O)c1cn(-c2ccc(Cl)cc2)nn1. The van der Waals surface area contributed by atoms with E-state index in [0.29, 0.717) is 10.7 Å². The summed E-state index contributed by atoms with van der Waals surface area (Å²) in [6.07, 6.45) is 0.577. The summed E-state index contributed by atoms with van der Waals surface area (Å²) in [5.41, 5.74) is 1.35. The summed E-state index contributed by atoms with van der Waals surface area (Å²) in [5, 5.41) is 19.4. The van der Waals surface area contributed by atoms with Crippen LogP contribution in [-0.2, 0) is 0 Å². The zero-order valence-electron chi connectivity index (χ0n) is 9.54. The molecule has 0 unspecified atom stereocenters. The van der Waals surface area contributed by atoms with Crippen molar-refractivity contribution in [2.24, 2.45) is 0 Å². The number of carbonyl (C=O) groups is 1. The van der Waals surface area contributed by atoms with Crippen LogP contribution in [0.15, 0.2) is 30.5 Å². The van der Waals surface area contributed by atoms with Crippen LogP contribution in [0.5, 0.6) is 0 Å². The molecule has 0 aliphatic rings. The molecule has 18 heavy (non-hydrogen) atoms. The van der Waals surface area contributed by atoms with Gasteiger partial charge >= 0.3 is 6.09 Å². The van der Waals surface area contributed by atoms with Crippen LogP contribution in [0, 0.1) is 0 Å². The van der Waals surface area contributed by atoms with Gasteiger partial charge in [0.1, 0.15) is 5.69 Å². The van der Waals surface area contributed by atoms with Crippen LogP contribution in [0.25, 0.3) is 5.69 Å². The van der Waals surface area contributed by atoms with Crippen LogP contribution in [0.2, 0.25) is 5.02 Å². The highest BCUT2D eigenvalue weighted by molar-refractivity contribution is 6.30. The molecule has 0 aliphatic heterocycles. The number of amides is 1. The molecule has 94 valence electrons. The normalized spacial score (nSPS) is 12.1. The summed E-state index contributed by atoms with van der Waals surface area (Å²) in [4.78, 5) is 10.5. The monoisotopic (exact) mass is 266 g/mol. The predicted octanol–water partition coefficient (Wildman–Crippen LogP) is 2.25. The van der Waals surface area contributed by atoms with Crippen LogP contribution in [-0.4, -0.2) is 26.2 Å². The van der Waals surface area contributed by atoms with Gasteiger partial charge in [-0.05, 0) is 31.2 Å². The fourth-order valence-electron chi connectivity index (χ4n) is 1.45. The van der Waals surface area contributed by atoms with Crippen molar-refractivity contribution in [3.05, 3.63) is 41.2 Å². The smallest absolute Gasteiger partial charge is 0.405 e. The van der Waals surface area contributed by atoms with Crippen molar-refractivity contribution in [3.63, 3.8) is 0 Å². The number of carboxylic acid groups (broad SMARTS) is 1. The number of aromatic nitrogens is 3. The van der Waals surface area contributed by atoms with Gasteiger partial charge in [0, 0.05) is 5.02 Å². The third-order valence-corrected chi connectivity index (χ3v) is 2.64. The minimum absolute atomic E-state index is 0.413. The summed E-state index contributed by atoms with van der Waals surface area (Å²) in [7, 11) is 0. The van der Waals surface area contributed by atoms with Crippen molar-refractivity contribution in [1.29, 1.82) is 0 Å². The molecule has 6 nitrogen and oxygen atoms in total. The molecule has 0 saturated carbocycles. The molecule has 0 radical (unpaired) electrons. The molecule has 0 bridgehead atoms. The van der Waals surface area contributed by atoms with Gasteiger partial charge < -0.3 is 10.4 Å². The van der Waals surface area contributed by atoms with Crippen molar-refractivity contribution in [3.8, 4) is 5.69 Å². The second kappa shape index (κ2) is 5.05. The van der Waals surface area contributed by atoms with Crippen LogP contribution >= 0.6 is 11.6 Å². The van der Waals surface area contributed by atoms with Crippen LogP contribution < -0.4 is 5.32 Å². The minimum Gasteiger partial charge on any atom is -0.465 e. The van der Waals surface area contributed by atoms with Crippen molar-refractivity contribution in [1.82, 2.24) is 20.3 Å². The van der Waals surface area contributed by atoms with E-state index in [-0.39, 0.29) is 0 Å². The number of hydrogen-bond acceptors (Lipinski definition) is 3. The van der Waals surface area contributed by atoms with Gasteiger partial charge in [0.25, 0.3) is 0 Å². The van der Waals surface area contributed by atoms with E-state index in [1.54, 1.807) is 42.1 Å². The zero-order chi connectivity index (χ0) is 13.1. The van der Waals surface area contributed by atoms with Crippen LogP contribution in [0.1, 0.15) is 18.7 Å². The quantitative estimate of drug-likeness (QED) is 0.893. The second-order valence-electron chi connectivity index (χ2n) is 3.74. The molecule has 0 aliphatic carbocycles. The molecule has 1 aromatic carbocycles. The topological polar surface area (TPSA) is 80.0 Å². The summed E-state index contributed by atoms with van der Waals surface area (Å²) in [6, 6.07) is 6.68. The molecule has 1 amide bonds. The van der Waals surface area contributed by atoms with E-state index in [9.17, 15) is 4.79 Å². The van der Waals surface area contributed by atoms with Crippen molar-refractivity contribution in [2.75, 3.05) is 0 Å². The van der Waals surface area contributed by atoms with E-state index >= 15 is 0 Å². The lowest BCUT2D eigenvalue weighted by Gasteiger charge is -2.06. The van der Waals surface area contributed by atoms with Crippen molar-refractivity contribution in [2.45, 2.75) is 13.0 Å². The first-order valence-electron chi connectivity index (χ1n) is 5.24. The third-order valence-electron chi connectivity index (χ3n) is 2.39. The van der Waals surface area contributed by atoms with Gasteiger partial charge in [0.05, 0.1) is 17.9 Å². The summed E-state index contributed by atoms with van der Waals surface area (Å²) in [6.45, 7) is 1.70. The Balaban J connectivity index is 2.19. The van der Waals surface area contributed by atoms with E-state index in [4.69, 9.17) is 16.7 Å². The Morgan fingerprint density at radius 3 is 2.72 bits per heavy atom. The maximum absolute atomic E-state index is 10.5. The highest BCUT2D eigenvalue weighted by atomic mass is 35.5. The standard InChI is InChI=1S/C11H11ClN4O2/c1-7(13-11(17)18)10-6-16(15-14-10)9-4-2-8(12)3-5-9/h2-7,13H,1H3,(H,17,18)/t7-/m0/s1. The number of nitrogens with one attached hydrogen (secondary N) is 1. The van der Waals surface area contributed by atoms with Gasteiger partial charge in [-0.15, -0.1) is 5.10 Å². The maximum atomic E-state index is 10.5. The highest BCUT2D eigenvalue weighted by Gasteiger charge is 2.12. The van der Waals surface area contributed by atoms with E-state index in [1.165, 1.54) is 0 Å². The van der Waals surface area contributed by atoms with Gasteiger partial charge in [0.15, 0.2) is 0 Å². The van der Waals surface area contributed by atoms with Gasteiger partial charge in [-0.25, -0.2) is 9.48 Å². The maximum Gasteiger partial charge on any atom is 0.405 e. The van der Waals surface area contributed by atoms with Gasteiger partial charge in [-0.2, -0.15) is 0 Å². The van der Waals surface area contributed by atoms with Crippen LogP contribution in [0.3, 0.4) is 0 Å². The first-order chi connectivity index (χ1) is 8.56. The number of hydrogen-bond donors (Lipinski definition) is 2. The zero-order valence-corrected chi connectivity index (χ0v) is 10.3. The van der Waals surface area contributed by atoms with E-state index in [0.717, 1.165) is 5.69 Å². The Bertz CT molecular complexity index is 552. The van der Waals surface area contributed by atoms with E-state index in [2.05, 4.69) is 15.6 Å². The van der Waals surface area contributed by atoms with Crippen molar-refractivity contribution >= 4 is 17.7 Å². The lowest BCUT2D eigenvalue weighted by Crippen LogP contribution is -2.24. The Morgan fingerprint density at radius 2 is 2.11 bits per heavy atom. The average molecular weight is 267 g/mol. The molecule has 2 N–H and O–H groups in total. The molecule has 2 aromatic rings. The molecule has 0 saturated heterocycles. The van der Waals surface area contributed by atoms with Crippen LogP contribution in [0.4, 0.5) is 4.79 Å². The fraction of sp³-hybridized carbons (Fsp3) is 0.182. The Morgan fingerprint density at radius 1 is 1.44 bits per heavy atom. The Labute approximate surface area is 108 Å². The number of benzene rings is 1. The lowest BCUT2D eigenvalue weighted by atomic mass is 10.2. The molecule has 1 aromatic heterocycles. The third kappa shape index (κ3) is 2.78. The lowest BCUT2D eigenvalue weighted by molar-refractivity contribution is 0.190. The van der Waals surface area contributed by atoms with E-state index < -0.39 is 12.1 Å². The Kier molecular flexibility index (Phi) is 3.47. The molecule has 1 heterocycles. The van der Waals surface area contributed by atoms with Gasteiger partial charge in [-0.3, -0.25) is 0 Å². The minimum atomic E-state index is -1.09. The molecule has 0 spiro atoms. The predicted molar refractivity (Wildman–Crippen MR) is 65.9 cm³/mol. The molecule has 0 fully saturated rings. The number of rotatable bonds is 3. The molecular weight excluding hydrogens is 256 g/mol. The molecule has 2 rings (SSSR count). The summed E-state index contributed by atoms with van der Waals surface area (Å²) >= 11 is 5.79.